The van der Waals surface area contributed by atoms with Gasteiger partial charge in [-0.1, -0.05) is 36.4 Å². The van der Waals surface area contributed by atoms with E-state index < -0.39 is 24.3 Å². The van der Waals surface area contributed by atoms with Crippen LogP contribution in [0.3, 0.4) is 0 Å². The minimum Gasteiger partial charge on any atom is -0.457 e. The minimum absolute atomic E-state index is 0.00490. The van der Waals surface area contributed by atoms with Crippen molar-refractivity contribution in [1.82, 2.24) is 0 Å². The van der Waals surface area contributed by atoms with Crippen LogP contribution < -0.4 is 15.4 Å². The van der Waals surface area contributed by atoms with Crippen LogP contribution in [0.25, 0.3) is 10.8 Å². The normalized spacial score (nSPS) is 10.5. The van der Waals surface area contributed by atoms with Crippen LogP contribution in [0.2, 0.25) is 0 Å². The smallest absolute Gasteiger partial charge is 0.306 e. The first kappa shape index (κ1) is 25.4. The van der Waals surface area contributed by atoms with Gasteiger partial charge in [0.15, 0.2) is 6.61 Å². The number of esters is 1. The van der Waals surface area contributed by atoms with E-state index in [9.17, 15) is 18.8 Å². The summed E-state index contributed by atoms with van der Waals surface area (Å²) in [5.74, 6) is -0.404. The van der Waals surface area contributed by atoms with Crippen molar-refractivity contribution in [2.24, 2.45) is 0 Å². The number of anilines is 2. The number of rotatable bonds is 10. The quantitative estimate of drug-likeness (QED) is 0.258. The third kappa shape index (κ3) is 7.63. The maximum Gasteiger partial charge on any atom is 0.306 e. The fourth-order valence-electron chi connectivity index (χ4n) is 3.58. The summed E-state index contributed by atoms with van der Waals surface area (Å²) in [7, 11) is 0. The number of carbonyl (C=O) groups excluding carboxylic acids is 3. The highest BCUT2D eigenvalue weighted by Crippen LogP contribution is 2.30. The first-order valence-corrected chi connectivity index (χ1v) is 11.7. The van der Waals surface area contributed by atoms with Gasteiger partial charge in [0.25, 0.3) is 5.91 Å². The lowest BCUT2D eigenvalue weighted by molar-refractivity contribution is -0.147. The zero-order valence-electron chi connectivity index (χ0n) is 19.9. The second-order valence-electron chi connectivity index (χ2n) is 8.22. The molecule has 188 valence electrons. The van der Waals surface area contributed by atoms with E-state index in [4.69, 9.17) is 9.47 Å². The number of amides is 2. The maximum absolute atomic E-state index is 12.9. The first-order chi connectivity index (χ1) is 18.0. The molecule has 0 radical (unpaired) electrons. The van der Waals surface area contributed by atoms with E-state index >= 15 is 0 Å². The topological polar surface area (TPSA) is 93.7 Å². The maximum atomic E-state index is 12.9. The number of nitrogens with one attached hydrogen (secondary N) is 2. The Morgan fingerprint density at radius 3 is 2.11 bits per heavy atom. The van der Waals surface area contributed by atoms with Crippen LogP contribution >= 0.6 is 0 Å². The van der Waals surface area contributed by atoms with E-state index in [1.165, 1.54) is 24.3 Å². The number of ether oxygens (including phenoxy) is 2. The number of hydrogen-bond acceptors (Lipinski definition) is 5. The van der Waals surface area contributed by atoms with Crippen LogP contribution in [0.1, 0.15) is 19.3 Å². The van der Waals surface area contributed by atoms with Gasteiger partial charge < -0.3 is 20.1 Å². The molecule has 0 atom stereocenters. The fraction of sp³-hybridized carbons (Fsp3) is 0.138. The van der Waals surface area contributed by atoms with Gasteiger partial charge in [0, 0.05) is 29.6 Å². The third-order valence-electron chi connectivity index (χ3n) is 5.39. The van der Waals surface area contributed by atoms with Gasteiger partial charge in [0.1, 0.15) is 17.3 Å². The molecule has 0 aliphatic rings. The lowest BCUT2D eigenvalue weighted by Gasteiger charge is -2.10. The summed E-state index contributed by atoms with van der Waals surface area (Å²) in [5, 5.41) is 7.37. The molecule has 0 saturated carbocycles. The highest BCUT2D eigenvalue weighted by molar-refractivity contribution is 5.93. The summed E-state index contributed by atoms with van der Waals surface area (Å²) < 4.78 is 23.8. The van der Waals surface area contributed by atoms with Gasteiger partial charge in [-0.15, -0.1) is 0 Å². The predicted octanol–water partition coefficient (Wildman–Crippen LogP) is 6.06. The third-order valence-corrected chi connectivity index (χ3v) is 5.39. The van der Waals surface area contributed by atoms with Crippen molar-refractivity contribution in [3.8, 4) is 11.5 Å². The summed E-state index contributed by atoms with van der Waals surface area (Å²) in [6.07, 6.45) is 0.382. The van der Waals surface area contributed by atoms with E-state index in [0.29, 0.717) is 17.1 Å². The van der Waals surface area contributed by atoms with E-state index in [0.717, 1.165) is 16.5 Å². The Morgan fingerprint density at radius 1 is 0.703 bits per heavy atom. The van der Waals surface area contributed by atoms with Crippen molar-refractivity contribution in [3.63, 3.8) is 0 Å². The van der Waals surface area contributed by atoms with Gasteiger partial charge in [-0.3, -0.25) is 14.4 Å². The molecular formula is C29H25FN2O5. The lowest BCUT2D eigenvalue weighted by Crippen LogP contribution is -2.21. The molecule has 0 spiro atoms. The SMILES string of the molecule is O=C(CCCC(=O)OCC(=O)Nc1ccc(F)cc1)Nc1ccc(Oc2cccc3ccccc23)cc1. The van der Waals surface area contributed by atoms with Crippen molar-refractivity contribution in [3.05, 3.63) is 96.8 Å². The summed E-state index contributed by atoms with van der Waals surface area (Å²) in [4.78, 5) is 35.9. The standard InChI is InChI=1S/C29H25FN2O5/c30-21-11-13-22(14-12-21)32-28(34)19-36-29(35)10-4-9-27(33)31-23-15-17-24(18-16-23)37-26-8-3-6-20-5-1-2-7-25(20)26/h1-3,5-8,11-18H,4,9-10,19H2,(H,31,33)(H,32,34). The van der Waals surface area contributed by atoms with Crippen LogP contribution in [-0.4, -0.2) is 24.4 Å². The highest BCUT2D eigenvalue weighted by atomic mass is 19.1. The zero-order valence-corrected chi connectivity index (χ0v) is 19.9. The van der Waals surface area contributed by atoms with Gasteiger partial charge >= 0.3 is 5.97 Å². The molecule has 7 nitrogen and oxygen atoms in total. The molecule has 8 heteroatoms. The molecule has 2 amide bonds. The fourth-order valence-corrected chi connectivity index (χ4v) is 3.58. The molecule has 0 bridgehead atoms. The molecule has 0 aliphatic heterocycles. The summed E-state index contributed by atoms with van der Waals surface area (Å²) in [6.45, 7) is -0.463. The molecule has 0 aliphatic carbocycles. The molecule has 0 unspecified atom stereocenters. The van der Waals surface area contributed by atoms with E-state index in [1.54, 1.807) is 24.3 Å². The van der Waals surface area contributed by atoms with Crippen LogP contribution in [0.5, 0.6) is 11.5 Å². The largest absolute Gasteiger partial charge is 0.457 e. The van der Waals surface area contributed by atoms with Crippen LogP contribution in [0.15, 0.2) is 91.0 Å². The number of benzene rings is 4. The zero-order chi connectivity index (χ0) is 26.0. The van der Waals surface area contributed by atoms with Crippen molar-refractivity contribution in [2.75, 3.05) is 17.2 Å². The van der Waals surface area contributed by atoms with Crippen LogP contribution in [0, 0.1) is 5.82 Å². The van der Waals surface area contributed by atoms with Gasteiger partial charge in [0.05, 0.1) is 0 Å². The Morgan fingerprint density at radius 2 is 1.35 bits per heavy atom. The number of fused-ring (bicyclic) bond motifs is 1. The number of halogens is 1. The highest BCUT2D eigenvalue weighted by Gasteiger charge is 2.10. The monoisotopic (exact) mass is 500 g/mol. The lowest BCUT2D eigenvalue weighted by atomic mass is 10.1. The molecule has 4 aromatic rings. The molecule has 0 aromatic heterocycles. The molecule has 2 N–H and O–H groups in total. The molecule has 4 aromatic carbocycles. The molecule has 0 heterocycles. The van der Waals surface area contributed by atoms with Crippen LogP contribution in [0.4, 0.5) is 15.8 Å². The molecule has 4 rings (SSSR count). The van der Waals surface area contributed by atoms with Crippen LogP contribution in [-0.2, 0) is 19.1 Å². The second-order valence-corrected chi connectivity index (χ2v) is 8.22. The van der Waals surface area contributed by atoms with E-state index in [1.807, 2.05) is 42.5 Å². The Labute approximate surface area is 213 Å². The van der Waals surface area contributed by atoms with Crippen molar-refractivity contribution < 1.29 is 28.2 Å². The Kier molecular flexibility index (Phi) is 8.44. The van der Waals surface area contributed by atoms with Gasteiger partial charge in [0.2, 0.25) is 5.91 Å². The van der Waals surface area contributed by atoms with Gasteiger partial charge in [-0.25, -0.2) is 4.39 Å². The summed E-state index contributed by atoms with van der Waals surface area (Å²) in [6, 6.07) is 26.1. The van der Waals surface area contributed by atoms with Gasteiger partial charge in [-0.2, -0.15) is 0 Å². The second kappa shape index (κ2) is 12.3. The average molecular weight is 501 g/mol. The number of hydrogen-bond donors (Lipinski definition) is 2. The van der Waals surface area contributed by atoms with E-state index in [-0.39, 0.29) is 25.2 Å². The predicted molar refractivity (Wildman–Crippen MR) is 139 cm³/mol. The summed E-state index contributed by atoms with van der Waals surface area (Å²) in [5.41, 5.74) is 1.00. The molecule has 0 saturated heterocycles. The van der Waals surface area contributed by atoms with Crippen molar-refractivity contribution in [1.29, 1.82) is 0 Å². The van der Waals surface area contributed by atoms with Gasteiger partial charge in [-0.05, 0) is 66.4 Å². The van der Waals surface area contributed by atoms with E-state index in [2.05, 4.69) is 10.6 Å². The average Bonchev–Trinajstić information content (AvgIpc) is 2.90. The number of carbonyl (C=O) groups is 3. The first-order valence-electron chi connectivity index (χ1n) is 11.7. The van der Waals surface area contributed by atoms with Crippen molar-refractivity contribution in [2.45, 2.75) is 19.3 Å². The Hall–Kier alpha value is -4.72. The Balaban J connectivity index is 1.16. The minimum atomic E-state index is -0.586. The summed E-state index contributed by atoms with van der Waals surface area (Å²) >= 11 is 0. The molecular weight excluding hydrogens is 475 g/mol. The Bertz CT molecular complexity index is 1380. The molecule has 37 heavy (non-hydrogen) atoms. The van der Waals surface area contributed by atoms with Crippen molar-refractivity contribution >= 4 is 39.9 Å². The molecule has 0 fully saturated rings.